The summed E-state index contributed by atoms with van der Waals surface area (Å²) in [7, 11) is -5.77. The normalized spacial score (nSPS) is 20.4. The third-order valence-corrected chi connectivity index (χ3v) is 10.8. The van der Waals surface area contributed by atoms with E-state index in [9.17, 15) is 26.4 Å². The Bertz CT molecular complexity index is 1250. The van der Waals surface area contributed by atoms with E-state index < -0.39 is 47.5 Å². The zero-order chi connectivity index (χ0) is 27.7. The zero-order valence-corrected chi connectivity index (χ0v) is 23.6. The van der Waals surface area contributed by atoms with Gasteiger partial charge >= 0.3 is 12.2 Å². The van der Waals surface area contributed by atoms with E-state index in [1.54, 1.807) is 12.3 Å². The number of nitrogens with one attached hydrogen (secondary N) is 2. The van der Waals surface area contributed by atoms with Gasteiger partial charge < -0.3 is 14.6 Å². The molecule has 3 heterocycles. The number of hydrogen-bond donors (Lipinski definition) is 2. The van der Waals surface area contributed by atoms with Gasteiger partial charge in [-0.25, -0.2) is 23.2 Å². The van der Waals surface area contributed by atoms with E-state index in [1.165, 1.54) is 6.20 Å². The Kier molecular flexibility index (Phi) is 8.40. The first-order valence-corrected chi connectivity index (χ1v) is 18.0. The van der Waals surface area contributed by atoms with Crippen molar-refractivity contribution < 1.29 is 31.1 Å². The van der Waals surface area contributed by atoms with E-state index >= 15 is 0 Å². The van der Waals surface area contributed by atoms with Crippen molar-refractivity contribution in [2.24, 2.45) is 5.92 Å². The van der Waals surface area contributed by atoms with Crippen molar-refractivity contribution in [1.29, 1.82) is 0 Å². The first kappa shape index (κ1) is 28.8. The topological polar surface area (TPSA) is 118 Å². The van der Waals surface area contributed by atoms with Crippen LogP contribution in [-0.2, 0) is 21.5 Å². The molecule has 2 aliphatic rings. The molecule has 0 bridgehead atoms. The van der Waals surface area contributed by atoms with Gasteiger partial charge in [-0.05, 0) is 43.7 Å². The Labute approximate surface area is 221 Å². The molecule has 2 unspecified atom stereocenters. The largest absolute Gasteiger partial charge is 0.407 e. The van der Waals surface area contributed by atoms with Crippen LogP contribution in [0.2, 0.25) is 25.7 Å². The van der Waals surface area contributed by atoms with Crippen LogP contribution in [0, 0.1) is 5.92 Å². The smallest absolute Gasteiger partial charge is 0.361 e. The van der Waals surface area contributed by atoms with E-state index in [2.05, 4.69) is 40.2 Å². The molecule has 1 aliphatic heterocycles. The van der Waals surface area contributed by atoms with Crippen molar-refractivity contribution in [2.75, 3.05) is 25.0 Å². The SMILES string of the molecule is C[Si](C)(C)CCOCn1ccc2nc(NC(=O)NC3CCCN(S(=O)(=O)C(C4CC4)C(F)(F)F)C3)cnc21. The van der Waals surface area contributed by atoms with Crippen LogP contribution in [-0.4, -0.2) is 78.5 Å². The molecule has 10 nitrogen and oxygen atoms in total. The molecular weight excluding hydrogens is 541 g/mol. The van der Waals surface area contributed by atoms with Gasteiger partial charge in [-0.1, -0.05) is 19.6 Å². The number of nitrogens with zero attached hydrogens (tertiary/aromatic N) is 4. The maximum absolute atomic E-state index is 13.5. The summed E-state index contributed by atoms with van der Waals surface area (Å²) in [4.78, 5) is 21.3. The van der Waals surface area contributed by atoms with Crippen LogP contribution in [0.4, 0.5) is 23.8 Å². The summed E-state index contributed by atoms with van der Waals surface area (Å²) < 4.78 is 74.8. The van der Waals surface area contributed by atoms with Crippen molar-refractivity contribution in [3.8, 4) is 0 Å². The highest BCUT2D eigenvalue weighted by Crippen LogP contribution is 2.45. The molecule has 0 radical (unpaired) electrons. The molecule has 2 atom stereocenters. The van der Waals surface area contributed by atoms with Crippen LogP contribution < -0.4 is 10.6 Å². The Balaban J connectivity index is 1.32. The second kappa shape index (κ2) is 11.1. The number of carbonyl (C=O) groups is 1. The molecule has 4 rings (SSSR count). The lowest BCUT2D eigenvalue weighted by molar-refractivity contribution is -0.134. The monoisotopic (exact) mass is 576 g/mol. The number of amides is 2. The summed E-state index contributed by atoms with van der Waals surface area (Å²) in [6.45, 7) is 7.64. The number of ether oxygens (including phenoxy) is 1. The van der Waals surface area contributed by atoms with E-state index in [0.717, 1.165) is 10.3 Å². The van der Waals surface area contributed by atoms with Gasteiger partial charge in [0.2, 0.25) is 10.0 Å². The number of alkyl halides is 3. The molecule has 2 aromatic rings. The molecule has 0 aromatic carbocycles. The van der Waals surface area contributed by atoms with Crippen molar-refractivity contribution in [1.82, 2.24) is 24.2 Å². The molecule has 2 aromatic heterocycles. The zero-order valence-electron chi connectivity index (χ0n) is 21.8. The van der Waals surface area contributed by atoms with Gasteiger partial charge in [0.05, 0.1) is 6.20 Å². The van der Waals surface area contributed by atoms with Crippen LogP contribution in [0.25, 0.3) is 11.2 Å². The molecule has 2 amide bonds. The number of carbonyl (C=O) groups excluding carboxylic acids is 1. The number of sulfonamides is 1. The maximum atomic E-state index is 13.5. The number of hydrogen-bond acceptors (Lipinski definition) is 6. The van der Waals surface area contributed by atoms with Crippen LogP contribution in [0.5, 0.6) is 0 Å². The number of piperidine rings is 1. The maximum Gasteiger partial charge on any atom is 0.407 e. The fourth-order valence-corrected chi connectivity index (χ4v) is 7.48. The summed E-state index contributed by atoms with van der Waals surface area (Å²) in [5.74, 6) is -0.699. The highest BCUT2D eigenvalue weighted by Gasteiger charge is 2.58. The van der Waals surface area contributed by atoms with Gasteiger partial charge in [-0.3, -0.25) is 5.32 Å². The number of halogens is 3. The predicted octanol–water partition coefficient (Wildman–Crippen LogP) is 4.00. The average Bonchev–Trinajstić information content (AvgIpc) is 3.53. The fraction of sp³-hybridized carbons (Fsp3) is 0.696. The molecule has 1 saturated heterocycles. The van der Waals surface area contributed by atoms with E-state index in [-0.39, 0.29) is 31.7 Å². The quantitative estimate of drug-likeness (QED) is 0.326. The Hall–Kier alpha value is -2.23. The number of fused-ring (bicyclic) bond motifs is 1. The van der Waals surface area contributed by atoms with Gasteiger partial charge in [0.15, 0.2) is 16.7 Å². The Morgan fingerprint density at radius 2 is 2.00 bits per heavy atom. The average molecular weight is 577 g/mol. The molecule has 38 heavy (non-hydrogen) atoms. The van der Waals surface area contributed by atoms with Gasteiger partial charge in [-0.2, -0.15) is 17.5 Å². The number of aromatic nitrogens is 3. The highest BCUT2D eigenvalue weighted by atomic mass is 32.2. The summed E-state index contributed by atoms with van der Waals surface area (Å²) in [5.41, 5.74) is 1.16. The summed E-state index contributed by atoms with van der Waals surface area (Å²) in [6.07, 6.45) is -0.321. The van der Waals surface area contributed by atoms with Crippen LogP contribution in [0.1, 0.15) is 25.7 Å². The van der Waals surface area contributed by atoms with Crippen LogP contribution >= 0.6 is 0 Å². The molecular formula is C23H35F3N6O4SSi. The van der Waals surface area contributed by atoms with Gasteiger partial charge in [0.25, 0.3) is 0 Å². The van der Waals surface area contributed by atoms with Crippen LogP contribution in [0.3, 0.4) is 0 Å². The standard InChI is InChI=1S/C23H35F3N6O4SSi/c1-38(2,3)12-11-36-15-31-10-8-18-21(31)27-13-19(29-18)30-22(33)28-17-5-4-9-32(14-17)37(34,35)20(16-6-7-16)23(24,25)26/h8,10,13,16-17,20H,4-7,9,11-12,14-15H2,1-3H3,(H2,28,29,30,33). The minimum Gasteiger partial charge on any atom is -0.361 e. The van der Waals surface area contributed by atoms with Crippen molar-refractivity contribution in [3.63, 3.8) is 0 Å². The lowest BCUT2D eigenvalue weighted by Gasteiger charge is -2.35. The van der Waals surface area contributed by atoms with Crippen molar-refractivity contribution in [3.05, 3.63) is 18.5 Å². The molecule has 2 fully saturated rings. The van der Waals surface area contributed by atoms with Crippen LogP contribution in [0.15, 0.2) is 18.5 Å². The summed E-state index contributed by atoms with van der Waals surface area (Å²) in [6, 6.07) is 1.55. The van der Waals surface area contributed by atoms with E-state index in [0.29, 0.717) is 37.3 Å². The van der Waals surface area contributed by atoms with Crippen molar-refractivity contribution >= 4 is 41.1 Å². The van der Waals surface area contributed by atoms with Gasteiger partial charge in [0, 0.05) is 40.0 Å². The summed E-state index contributed by atoms with van der Waals surface area (Å²) in [5, 5.41) is 2.86. The highest BCUT2D eigenvalue weighted by molar-refractivity contribution is 7.89. The minimum absolute atomic E-state index is 0.00240. The second-order valence-electron chi connectivity index (χ2n) is 11.2. The third kappa shape index (κ3) is 7.24. The fourth-order valence-electron chi connectivity index (χ4n) is 4.54. The molecule has 1 saturated carbocycles. The summed E-state index contributed by atoms with van der Waals surface area (Å²) >= 11 is 0. The third-order valence-electron chi connectivity index (χ3n) is 6.70. The lowest BCUT2D eigenvalue weighted by atomic mass is 10.1. The van der Waals surface area contributed by atoms with Crippen molar-refractivity contribution in [2.45, 2.75) is 75.6 Å². The van der Waals surface area contributed by atoms with E-state index in [1.807, 2.05) is 4.57 Å². The van der Waals surface area contributed by atoms with Gasteiger partial charge in [-0.15, -0.1) is 0 Å². The number of urea groups is 1. The molecule has 1 aliphatic carbocycles. The lowest BCUT2D eigenvalue weighted by Crippen LogP contribution is -2.55. The first-order valence-electron chi connectivity index (χ1n) is 12.8. The Morgan fingerprint density at radius 1 is 1.26 bits per heavy atom. The van der Waals surface area contributed by atoms with Gasteiger partial charge in [0.1, 0.15) is 12.2 Å². The molecule has 0 spiro atoms. The molecule has 212 valence electrons. The van der Waals surface area contributed by atoms with E-state index in [4.69, 9.17) is 4.74 Å². The predicted molar refractivity (Wildman–Crippen MR) is 140 cm³/mol. The second-order valence-corrected chi connectivity index (χ2v) is 18.9. The minimum atomic E-state index is -4.83. The first-order chi connectivity index (χ1) is 17.7. The number of rotatable bonds is 10. The Morgan fingerprint density at radius 3 is 2.66 bits per heavy atom. The molecule has 2 N–H and O–H groups in total. The number of anilines is 1. The molecule has 15 heteroatoms.